The van der Waals surface area contributed by atoms with E-state index in [0.717, 1.165) is 19.4 Å². The quantitative estimate of drug-likeness (QED) is 0.599. The van der Waals surface area contributed by atoms with Gasteiger partial charge >= 0.3 is 0 Å². The second kappa shape index (κ2) is 7.28. The Morgan fingerprint density at radius 2 is 1.43 bits per heavy atom. The molecule has 1 heterocycles. The maximum atomic E-state index is 6.66. The summed E-state index contributed by atoms with van der Waals surface area (Å²) in [6, 6.07) is 0. The standard InChI is InChI=1S/C18H40O3Si2/c1-17(2,3)22(7,8)20-14-16-15(12-11-13-19-16)21-23(9,10)18(4,5)6/h15-16H,11-14H2,1-10H3/t15-,16-/m1/s1. The number of rotatable bonds is 5. The van der Waals surface area contributed by atoms with Gasteiger partial charge in [0.1, 0.15) is 6.10 Å². The average molecular weight is 361 g/mol. The molecule has 0 radical (unpaired) electrons. The van der Waals surface area contributed by atoms with E-state index in [4.69, 9.17) is 13.6 Å². The molecule has 0 unspecified atom stereocenters. The van der Waals surface area contributed by atoms with Crippen molar-refractivity contribution in [2.75, 3.05) is 13.2 Å². The molecule has 0 bridgehead atoms. The molecule has 1 aliphatic heterocycles. The summed E-state index contributed by atoms with van der Waals surface area (Å²) in [5, 5.41) is 0.465. The average Bonchev–Trinajstić information content (AvgIpc) is 2.34. The van der Waals surface area contributed by atoms with Crippen LogP contribution in [-0.2, 0) is 13.6 Å². The largest absolute Gasteiger partial charge is 0.414 e. The molecule has 5 heteroatoms. The summed E-state index contributed by atoms with van der Waals surface area (Å²) in [4.78, 5) is 0. The first-order valence-corrected chi connectivity index (χ1v) is 14.9. The highest BCUT2D eigenvalue weighted by molar-refractivity contribution is 6.74. The van der Waals surface area contributed by atoms with Gasteiger partial charge < -0.3 is 13.6 Å². The Morgan fingerprint density at radius 1 is 0.913 bits per heavy atom. The van der Waals surface area contributed by atoms with Crippen LogP contribution in [0.15, 0.2) is 0 Å². The second-order valence-electron chi connectivity index (χ2n) is 10.0. The van der Waals surface area contributed by atoms with E-state index in [-0.39, 0.29) is 22.3 Å². The van der Waals surface area contributed by atoms with Gasteiger partial charge in [0.2, 0.25) is 0 Å². The van der Waals surface area contributed by atoms with Gasteiger partial charge in [-0.3, -0.25) is 0 Å². The number of ether oxygens (including phenoxy) is 1. The highest BCUT2D eigenvalue weighted by atomic mass is 28.4. The van der Waals surface area contributed by atoms with Crippen molar-refractivity contribution in [3.05, 3.63) is 0 Å². The fraction of sp³-hybridized carbons (Fsp3) is 1.00. The van der Waals surface area contributed by atoms with Crippen molar-refractivity contribution < 1.29 is 13.6 Å². The summed E-state index contributed by atoms with van der Waals surface area (Å²) in [7, 11) is -3.51. The maximum Gasteiger partial charge on any atom is 0.192 e. The summed E-state index contributed by atoms with van der Waals surface area (Å²) >= 11 is 0. The van der Waals surface area contributed by atoms with Crippen LogP contribution in [0.5, 0.6) is 0 Å². The van der Waals surface area contributed by atoms with E-state index >= 15 is 0 Å². The van der Waals surface area contributed by atoms with Crippen molar-refractivity contribution in [3.63, 3.8) is 0 Å². The fourth-order valence-corrected chi connectivity index (χ4v) is 4.56. The van der Waals surface area contributed by atoms with E-state index in [1.165, 1.54) is 0 Å². The van der Waals surface area contributed by atoms with Gasteiger partial charge in [-0.2, -0.15) is 0 Å². The van der Waals surface area contributed by atoms with E-state index in [1.54, 1.807) is 0 Å². The highest BCUT2D eigenvalue weighted by Gasteiger charge is 2.43. The lowest BCUT2D eigenvalue weighted by Gasteiger charge is -2.44. The number of hydrogen-bond donors (Lipinski definition) is 0. The summed E-state index contributed by atoms with van der Waals surface area (Å²) in [5.74, 6) is 0. The molecule has 1 rings (SSSR count). The minimum Gasteiger partial charge on any atom is -0.414 e. The lowest BCUT2D eigenvalue weighted by molar-refractivity contribution is -0.0864. The molecule has 1 fully saturated rings. The Kier molecular flexibility index (Phi) is 6.76. The highest BCUT2D eigenvalue weighted by Crippen LogP contribution is 2.40. The zero-order chi connectivity index (χ0) is 18.1. The summed E-state index contributed by atoms with van der Waals surface area (Å²) < 4.78 is 19.1. The second-order valence-corrected chi connectivity index (χ2v) is 19.6. The molecule has 1 aliphatic rings. The van der Waals surface area contributed by atoms with Crippen molar-refractivity contribution in [1.29, 1.82) is 0 Å². The summed E-state index contributed by atoms with van der Waals surface area (Å²) in [6.07, 6.45) is 2.47. The van der Waals surface area contributed by atoms with Gasteiger partial charge in [0.15, 0.2) is 16.6 Å². The minimum absolute atomic E-state index is 0.0898. The lowest BCUT2D eigenvalue weighted by Crippen LogP contribution is -2.51. The van der Waals surface area contributed by atoms with Crippen LogP contribution in [0.2, 0.25) is 36.3 Å². The topological polar surface area (TPSA) is 27.7 Å². The monoisotopic (exact) mass is 360 g/mol. The fourth-order valence-electron chi connectivity index (χ4n) is 2.16. The smallest absolute Gasteiger partial charge is 0.192 e. The predicted molar refractivity (Wildman–Crippen MR) is 104 cm³/mol. The van der Waals surface area contributed by atoms with E-state index in [0.29, 0.717) is 6.61 Å². The molecule has 0 N–H and O–H groups in total. The third kappa shape index (κ3) is 5.67. The first kappa shape index (κ1) is 21.4. The molecule has 138 valence electrons. The van der Waals surface area contributed by atoms with Crippen molar-refractivity contribution in [3.8, 4) is 0 Å². The van der Waals surface area contributed by atoms with E-state index in [2.05, 4.69) is 67.7 Å². The van der Waals surface area contributed by atoms with E-state index < -0.39 is 16.6 Å². The molecule has 0 saturated carbocycles. The van der Waals surface area contributed by atoms with Crippen molar-refractivity contribution >= 4 is 16.6 Å². The van der Waals surface area contributed by atoms with Gasteiger partial charge in [-0.25, -0.2) is 0 Å². The maximum absolute atomic E-state index is 6.66. The van der Waals surface area contributed by atoms with Gasteiger partial charge in [0.25, 0.3) is 0 Å². The first-order valence-electron chi connectivity index (χ1n) is 9.11. The molecule has 1 saturated heterocycles. The number of hydrogen-bond acceptors (Lipinski definition) is 3. The Hall–Kier alpha value is 0.314. The van der Waals surface area contributed by atoms with Crippen LogP contribution in [-0.4, -0.2) is 42.1 Å². The Labute approximate surface area is 146 Å². The van der Waals surface area contributed by atoms with Crippen molar-refractivity contribution in [2.24, 2.45) is 0 Å². The molecule has 0 aromatic carbocycles. The van der Waals surface area contributed by atoms with E-state index in [1.807, 2.05) is 0 Å². The van der Waals surface area contributed by atoms with Gasteiger partial charge in [0.05, 0.1) is 12.7 Å². The van der Waals surface area contributed by atoms with Gasteiger partial charge in [-0.15, -0.1) is 0 Å². The molecule has 0 aromatic rings. The lowest BCUT2D eigenvalue weighted by atomic mass is 10.1. The molecule has 0 amide bonds. The van der Waals surface area contributed by atoms with E-state index in [9.17, 15) is 0 Å². The molecule has 0 aliphatic carbocycles. The SMILES string of the molecule is CC(C)(C)[Si](C)(C)OC[C@H]1OCCC[C@H]1O[Si](C)(C)C(C)(C)C. The Balaban J connectivity index is 2.73. The molecular weight excluding hydrogens is 320 g/mol. The third-order valence-corrected chi connectivity index (χ3v) is 15.1. The normalized spacial score (nSPS) is 24.8. The van der Waals surface area contributed by atoms with Crippen LogP contribution in [0.25, 0.3) is 0 Å². The van der Waals surface area contributed by atoms with Crippen LogP contribution in [0.3, 0.4) is 0 Å². The van der Waals surface area contributed by atoms with Crippen LogP contribution in [0, 0.1) is 0 Å². The molecule has 2 atom stereocenters. The zero-order valence-corrected chi connectivity index (χ0v) is 19.2. The Morgan fingerprint density at radius 3 is 1.91 bits per heavy atom. The van der Waals surface area contributed by atoms with Gasteiger partial charge in [0, 0.05) is 6.61 Å². The van der Waals surface area contributed by atoms with Crippen LogP contribution >= 0.6 is 0 Å². The molecular formula is C18H40O3Si2. The third-order valence-electron chi connectivity index (χ3n) is 6.05. The first-order chi connectivity index (χ1) is 10.2. The molecule has 0 spiro atoms. The van der Waals surface area contributed by atoms with Crippen molar-refractivity contribution in [1.82, 2.24) is 0 Å². The van der Waals surface area contributed by atoms with Crippen molar-refractivity contribution in [2.45, 2.75) is 103 Å². The van der Waals surface area contributed by atoms with Crippen LogP contribution in [0.4, 0.5) is 0 Å². The predicted octanol–water partition coefficient (Wildman–Crippen LogP) is 5.58. The molecule has 23 heavy (non-hydrogen) atoms. The minimum atomic E-state index is -1.77. The Bertz CT molecular complexity index is 381. The molecule has 0 aromatic heterocycles. The van der Waals surface area contributed by atoms with Gasteiger partial charge in [-0.1, -0.05) is 41.5 Å². The van der Waals surface area contributed by atoms with Crippen LogP contribution in [0.1, 0.15) is 54.4 Å². The summed E-state index contributed by atoms with van der Waals surface area (Å²) in [5.41, 5.74) is 0. The molecule has 3 nitrogen and oxygen atoms in total. The zero-order valence-electron chi connectivity index (χ0n) is 17.2. The van der Waals surface area contributed by atoms with Crippen LogP contribution < -0.4 is 0 Å². The van der Waals surface area contributed by atoms with Gasteiger partial charge in [-0.05, 0) is 49.1 Å². The summed E-state index contributed by atoms with van der Waals surface area (Å²) in [6.45, 7) is 24.5.